The predicted molar refractivity (Wildman–Crippen MR) is 108 cm³/mol. The lowest BCUT2D eigenvalue weighted by atomic mass is 10.1. The summed E-state index contributed by atoms with van der Waals surface area (Å²) < 4.78 is 0. The first kappa shape index (κ1) is 23.9. The molecule has 0 aliphatic heterocycles. The zero-order valence-corrected chi connectivity index (χ0v) is 17.2. The number of hydrogen-bond acceptors (Lipinski definition) is 2. The monoisotopic (exact) mass is 341 g/mol. The molecule has 0 aromatic heterocycles. The number of aliphatic hydroxyl groups excluding tert-OH is 1. The van der Waals surface area contributed by atoms with E-state index >= 15 is 0 Å². The Kier molecular flexibility index (Phi) is 19.2. The van der Waals surface area contributed by atoms with Gasteiger partial charge < -0.3 is 5.11 Å². The second-order valence-electron chi connectivity index (χ2n) is 7.62. The smallest absolute Gasteiger partial charge is 0.104 e. The first-order chi connectivity index (χ1) is 11.7. The van der Waals surface area contributed by atoms with E-state index < -0.39 is 0 Å². The third-order valence-corrected chi connectivity index (χ3v) is 5.13. The second-order valence-corrected chi connectivity index (χ2v) is 7.62. The van der Waals surface area contributed by atoms with Crippen molar-refractivity contribution in [2.24, 2.45) is 0 Å². The summed E-state index contributed by atoms with van der Waals surface area (Å²) >= 11 is 0. The molecule has 0 saturated heterocycles. The van der Waals surface area contributed by atoms with Crippen molar-refractivity contribution in [3.8, 4) is 0 Å². The summed E-state index contributed by atoms with van der Waals surface area (Å²) in [6, 6.07) is 0. The first-order valence-electron chi connectivity index (χ1n) is 11.1. The van der Waals surface area contributed by atoms with E-state index in [1.807, 2.05) is 6.92 Å². The van der Waals surface area contributed by atoms with E-state index in [2.05, 4.69) is 18.7 Å². The molecule has 0 aliphatic carbocycles. The summed E-state index contributed by atoms with van der Waals surface area (Å²) in [7, 11) is 0. The predicted octanol–water partition coefficient (Wildman–Crippen LogP) is 6.91. The molecule has 0 fully saturated rings. The van der Waals surface area contributed by atoms with Crippen molar-refractivity contribution in [3.63, 3.8) is 0 Å². The molecule has 24 heavy (non-hydrogen) atoms. The van der Waals surface area contributed by atoms with Crippen LogP contribution in [0.15, 0.2) is 0 Å². The van der Waals surface area contributed by atoms with Gasteiger partial charge in [-0.05, 0) is 19.8 Å². The fourth-order valence-electron chi connectivity index (χ4n) is 3.38. The Morgan fingerprint density at radius 3 is 1.12 bits per heavy atom. The van der Waals surface area contributed by atoms with Gasteiger partial charge in [0.05, 0.1) is 0 Å². The standard InChI is InChI=1S/C22H47NO/c1-4-6-8-10-12-14-16-18-20-23(22(3)24)21-19-17-15-13-11-9-7-5-2/h22,24H,4-21H2,1-3H3. The van der Waals surface area contributed by atoms with Gasteiger partial charge in [-0.25, -0.2) is 0 Å². The van der Waals surface area contributed by atoms with Crippen LogP contribution in [0, 0.1) is 0 Å². The molecule has 1 N–H and O–H groups in total. The van der Waals surface area contributed by atoms with Crippen LogP contribution >= 0.6 is 0 Å². The Balaban J connectivity index is 3.47. The van der Waals surface area contributed by atoms with Gasteiger partial charge in [-0.1, -0.05) is 104 Å². The third-order valence-electron chi connectivity index (χ3n) is 5.13. The zero-order valence-electron chi connectivity index (χ0n) is 17.2. The maximum absolute atomic E-state index is 9.94. The molecule has 0 spiro atoms. The largest absolute Gasteiger partial charge is 0.379 e. The Morgan fingerprint density at radius 1 is 0.542 bits per heavy atom. The van der Waals surface area contributed by atoms with Crippen molar-refractivity contribution >= 4 is 0 Å². The molecule has 0 aromatic carbocycles. The zero-order chi connectivity index (χ0) is 17.9. The topological polar surface area (TPSA) is 23.5 Å². The van der Waals surface area contributed by atoms with Gasteiger partial charge >= 0.3 is 0 Å². The van der Waals surface area contributed by atoms with Gasteiger partial charge in [-0.15, -0.1) is 0 Å². The molecular weight excluding hydrogens is 294 g/mol. The SMILES string of the molecule is CCCCCCCCCCN(CCCCCCCCCC)C(C)O. The molecule has 0 aliphatic rings. The van der Waals surface area contributed by atoms with Crippen LogP contribution in [-0.2, 0) is 0 Å². The van der Waals surface area contributed by atoms with Gasteiger partial charge in [0, 0.05) is 13.1 Å². The summed E-state index contributed by atoms with van der Waals surface area (Å²) in [5, 5.41) is 9.94. The lowest BCUT2D eigenvalue weighted by Gasteiger charge is -2.25. The molecule has 0 radical (unpaired) electrons. The molecule has 146 valence electrons. The number of hydrogen-bond donors (Lipinski definition) is 1. The van der Waals surface area contributed by atoms with Crippen LogP contribution in [0.2, 0.25) is 0 Å². The van der Waals surface area contributed by atoms with Gasteiger partial charge in [0.1, 0.15) is 6.23 Å². The fraction of sp³-hybridized carbons (Fsp3) is 1.00. The summed E-state index contributed by atoms with van der Waals surface area (Å²) in [4.78, 5) is 2.27. The molecule has 2 heteroatoms. The van der Waals surface area contributed by atoms with Crippen LogP contribution in [0.4, 0.5) is 0 Å². The van der Waals surface area contributed by atoms with Crippen molar-refractivity contribution in [1.82, 2.24) is 4.90 Å². The molecular formula is C22H47NO. The van der Waals surface area contributed by atoms with E-state index in [0.717, 1.165) is 13.1 Å². The number of rotatable bonds is 19. The van der Waals surface area contributed by atoms with Gasteiger partial charge in [0.2, 0.25) is 0 Å². The number of unbranched alkanes of at least 4 members (excludes halogenated alkanes) is 14. The van der Waals surface area contributed by atoms with Crippen molar-refractivity contribution in [1.29, 1.82) is 0 Å². The molecule has 2 nitrogen and oxygen atoms in total. The fourth-order valence-corrected chi connectivity index (χ4v) is 3.38. The van der Waals surface area contributed by atoms with E-state index in [0.29, 0.717) is 0 Å². The molecule has 0 rings (SSSR count). The quantitative estimate of drug-likeness (QED) is 0.204. The van der Waals surface area contributed by atoms with Crippen molar-refractivity contribution in [2.45, 2.75) is 130 Å². The summed E-state index contributed by atoms with van der Waals surface area (Å²) in [5.74, 6) is 0. The minimum absolute atomic E-state index is 0.279. The molecule has 0 aromatic rings. The van der Waals surface area contributed by atoms with Crippen LogP contribution in [-0.4, -0.2) is 29.3 Å². The summed E-state index contributed by atoms with van der Waals surface area (Å²) in [6.45, 7) is 8.62. The van der Waals surface area contributed by atoms with Gasteiger partial charge in [-0.3, -0.25) is 4.90 Å². The maximum Gasteiger partial charge on any atom is 0.104 e. The molecule has 1 atom stereocenters. The molecule has 0 amide bonds. The Bertz CT molecular complexity index is 210. The minimum Gasteiger partial charge on any atom is -0.379 e. The van der Waals surface area contributed by atoms with E-state index in [9.17, 15) is 5.11 Å². The highest BCUT2D eigenvalue weighted by Crippen LogP contribution is 2.12. The highest BCUT2D eigenvalue weighted by molar-refractivity contribution is 4.60. The Morgan fingerprint density at radius 2 is 0.833 bits per heavy atom. The van der Waals surface area contributed by atoms with Gasteiger partial charge in [0.15, 0.2) is 0 Å². The van der Waals surface area contributed by atoms with Gasteiger partial charge in [-0.2, -0.15) is 0 Å². The van der Waals surface area contributed by atoms with Crippen molar-refractivity contribution in [2.75, 3.05) is 13.1 Å². The lowest BCUT2D eigenvalue weighted by Crippen LogP contribution is -2.34. The Labute approximate surface area is 153 Å². The Hall–Kier alpha value is -0.0800. The average Bonchev–Trinajstić information content (AvgIpc) is 2.57. The van der Waals surface area contributed by atoms with Crippen LogP contribution in [0.3, 0.4) is 0 Å². The highest BCUT2D eigenvalue weighted by atomic mass is 16.3. The second kappa shape index (κ2) is 19.2. The normalized spacial score (nSPS) is 12.9. The lowest BCUT2D eigenvalue weighted by molar-refractivity contribution is 0.0163. The third kappa shape index (κ3) is 16.8. The van der Waals surface area contributed by atoms with E-state index in [-0.39, 0.29) is 6.23 Å². The molecule has 1 unspecified atom stereocenters. The maximum atomic E-state index is 9.94. The summed E-state index contributed by atoms with van der Waals surface area (Å²) in [6.07, 6.45) is 21.5. The minimum atomic E-state index is -0.279. The van der Waals surface area contributed by atoms with Crippen LogP contribution in [0.1, 0.15) is 124 Å². The van der Waals surface area contributed by atoms with Crippen LogP contribution in [0.25, 0.3) is 0 Å². The highest BCUT2D eigenvalue weighted by Gasteiger charge is 2.09. The van der Waals surface area contributed by atoms with Crippen LogP contribution < -0.4 is 0 Å². The number of nitrogens with zero attached hydrogens (tertiary/aromatic N) is 1. The van der Waals surface area contributed by atoms with E-state index in [1.54, 1.807) is 0 Å². The van der Waals surface area contributed by atoms with Crippen LogP contribution in [0.5, 0.6) is 0 Å². The molecule has 0 saturated carbocycles. The molecule has 0 heterocycles. The van der Waals surface area contributed by atoms with Crippen molar-refractivity contribution in [3.05, 3.63) is 0 Å². The van der Waals surface area contributed by atoms with Crippen molar-refractivity contribution < 1.29 is 5.11 Å². The first-order valence-corrected chi connectivity index (χ1v) is 11.1. The molecule has 0 bridgehead atoms. The van der Waals surface area contributed by atoms with Gasteiger partial charge in [0.25, 0.3) is 0 Å². The number of aliphatic hydroxyl groups is 1. The van der Waals surface area contributed by atoms with E-state index in [4.69, 9.17) is 0 Å². The summed E-state index contributed by atoms with van der Waals surface area (Å²) in [5.41, 5.74) is 0. The average molecular weight is 342 g/mol. The van der Waals surface area contributed by atoms with E-state index in [1.165, 1.54) is 103 Å².